The van der Waals surface area contributed by atoms with Gasteiger partial charge in [0.2, 0.25) is 0 Å². The molecule has 0 bridgehead atoms. The lowest BCUT2D eigenvalue weighted by molar-refractivity contribution is 0.281. The molecule has 0 aliphatic heterocycles. The Bertz CT molecular complexity index is 814. The standard InChI is InChI=1S/C19H14ClFO3/c20-14-9-15(21)11-17(10-14)24-19-4-2-1-3-18(19)23-16-7-5-13(12-22)6-8-16/h1-11,22H,12H2. The number of hydrogen-bond donors (Lipinski definition) is 1. The van der Waals surface area contributed by atoms with E-state index in [1.807, 2.05) is 6.07 Å². The summed E-state index contributed by atoms with van der Waals surface area (Å²) in [4.78, 5) is 0. The van der Waals surface area contributed by atoms with E-state index < -0.39 is 5.82 Å². The van der Waals surface area contributed by atoms with Gasteiger partial charge in [-0.15, -0.1) is 0 Å². The molecule has 0 aromatic heterocycles. The predicted molar refractivity (Wildman–Crippen MR) is 90.4 cm³/mol. The summed E-state index contributed by atoms with van der Waals surface area (Å²) in [6, 6.07) is 18.1. The summed E-state index contributed by atoms with van der Waals surface area (Å²) in [5, 5.41) is 9.32. The van der Waals surface area contributed by atoms with Gasteiger partial charge in [0.05, 0.1) is 6.61 Å². The van der Waals surface area contributed by atoms with Crippen LogP contribution in [-0.4, -0.2) is 5.11 Å². The minimum Gasteiger partial charge on any atom is -0.453 e. The highest BCUT2D eigenvalue weighted by Crippen LogP contribution is 2.35. The van der Waals surface area contributed by atoms with Crippen LogP contribution in [0.5, 0.6) is 23.0 Å². The maximum atomic E-state index is 13.4. The molecule has 24 heavy (non-hydrogen) atoms. The first kappa shape index (κ1) is 16.3. The summed E-state index contributed by atoms with van der Waals surface area (Å²) in [6.07, 6.45) is 0. The third-order valence-corrected chi connectivity index (χ3v) is 3.46. The summed E-state index contributed by atoms with van der Waals surface area (Å²) in [5.74, 6) is 1.32. The highest BCUT2D eigenvalue weighted by atomic mass is 35.5. The van der Waals surface area contributed by atoms with Crippen molar-refractivity contribution in [3.63, 3.8) is 0 Å². The van der Waals surface area contributed by atoms with E-state index in [1.54, 1.807) is 42.5 Å². The van der Waals surface area contributed by atoms with Crippen molar-refractivity contribution in [2.24, 2.45) is 0 Å². The normalized spacial score (nSPS) is 10.5. The molecule has 0 aliphatic rings. The van der Waals surface area contributed by atoms with E-state index in [0.717, 1.165) is 5.56 Å². The molecule has 5 heteroatoms. The van der Waals surface area contributed by atoms with E-state index in [4.69, 9.17) is 26.2 Å². The predicted octanol–water partition coefficient (Wildman–Crippen LogP) is 5.56. The maximum absolute atomic E-state index is 13.4. The van der Waals surface area contributed by atoms with E-state index in [9.17, 15) is 4.39 Å². The van der Waals surface area contributed by atoms with E-state index in [-0.39, 0.29) is 17.4 Å². The summed E-state index contributed by atoms with van der Waals surface area (Å²) < 4.78 is 24.9. The van der Waals surface area contributed by atoms with Gasteiger partial charge >= 0.3 is 0 Å². The molecule has 0 unspecified atom stereocenters. The van der Waals surface area contributed by atoms with Gasteiger partial charge in [0.15, 0.2) is 11.5 Å². The van der Waals surface area contributed by atoms with Crippen LogP contribution in [0.4, 0.5) is 4.39 Å². The number of hydrogen-bond acceptors (Lipinski definition) is 3. The van der Waals surface area contributed by atoms with E-state index in [1.165, 1.54) is 18.2 Å². The van der Waals surface area contributed by atoms with Gasteiger partial charge in [0.25, 0.3) is 0 Å². The molecule has 0 heterocycles. The number of halogens is 2. The van der Waals surface area contributed by atoms with Crippen molar-refractivity contribution in [1.82, 2.24) is 0 Å². The third kappa shape index (κ3) is 4.04. The number of rotatable bonds is 5. The highest BCUT2D eigenvalue weighted by Gasteiger charge is 2.09. The van der Waals surface area contributed by atoms with Crippen molar-refractivity contribution in [2.75, 3.05) is 0 Å². The zero-order valence-electron chi connectivity index (χ0n) is 12.6. The average molecular weight is 345 g/mol. The number of aliphatic hydroxyl groups excluding tert-OH is 1. The Balaban J connectivity index is 1.84. The Morgan fingerprint density at radius 2 is 1.46 bits per heavy atom. The second-order valence-corrected chi connectivity index (χ2v) is 5.49. The van der Waals surface area contributed by atoms with Crippen LogP contribution >= 0.6 is 11.6 Å². The lowest BCUT2D eigenvalue weighted by atomic mass is 10.2. The van der Waals surface area contributed by atoms with Crippen molar-refractivity contribution in [1.29, 1.82) is 0 Å². The minimum absolute atomic E-state index is 0.0275. The molecule has 122 valence electrons. The molecule has 3 aromatic carbocycles. The van der Waals surface area contributed by atoms with Gasteiger partial charge in [0.1, 0.15) is 17.3 Å². The van der Waals surface area contributed by atoms with Gasteiger partial charge in [-0.05, 0) is 42.0 Å². The van der Waals surface area contributed by atoms with Crippen molar-refractivity contribution in [3.05, 3.63) is 83.1 Å². The van der Waals surface area contributed by atoms with Crippen LogP contribution in [0.1, 0.15) is 5.56 Å². The number of para-hydroxylation sites is 2. The topological polar surface area (TPSA) is 38.7 Å². The molecule has 0 atom stereocenters. The number of aliphatic hydroxyl groups is 1. The quantitative estimate of drug-likeness (QED) is 0.659. The minimum atomic E-state index is -0.476. The fourth-order valence-corrected chi connectivity index (χ4v) is 2.33. The fraction of sp³-hybridized carbons (Fsp3) is 0.0526. The first-order valence-corrected chi connectivity index (χ1v) is 7.62. The van der Waals surface area contributed by atoms with Gasteiger partial charge in [-0.25, -0.2) is 4.39 Å². The van der Waals surface area contributed by atoms with Crippen LogP contribution in [0.3, 0.4) is 0 Å². The lowest BCUT2D eigenvalue weighted by Gasteiger charge is -2.12. The summed E-state index contributed by atoms with van der Waals surface area (Å²) in [6.45, 7) is -0.0275. The van der Waals surface area contributed by atoms with Gasteiger partial charge in [-0.3, -0.25) is 0 Å². The van der Waals surface area contributed by atoms with Crippen LogP contribution in [0.2, 0.25) is 5.02 Å². The molecule has 3 nitrogen and oxygen atoms in total. The molecule has 0 saturated carbocycles. The summed E-state index contributed by atoms with van der Waals surface area (Å²) in [5.41, 5.74) is 0.793. The Morgan fingerprint density at radius 1 is 0.833 bits per heavy atom. The smallest absolute Gasteiger partial charge is 0.169 e. The van der Waals surface area contributed by atoms with Crippen LogP contribution in [0.15, 0.2) is 66.7 Å². The monoisotopic (exact) mass is 344 g/mol. The summed E-state index contributed by atoms with van der Waals surface area (Å²) in [7, 11) is 0. The Morgan fingerprint density at radius 3 is 2.04 bits per heavy atom. The third-order valence-electron chi connectivity index (χ3n) is 3.25. The molecule has 0 amide bonds. The Kier molecular flexibility index (Phi) is 4.99. The fourth-order valence-electron chi connectivity index (χ4n) is 2.12. The Labute approximate surface area is 143 Å². The van der Waals surface area contributed by atoms with Gasteiger partial charge < -0.3 is 14.6 Å². The molecular formula is C19H14ClFO3. The van der Waals surface area contributed by atoms with Gasteiger partial charge in [-0.1, -0.05) is 35.9 Å². The SMILES string of the molecule is OCc1ccc(Oc2ccccc2Oc2cc(F)cc(Cl)c2)cc1. The van der Waals surface area contributed by atoms with Crippen molar-refractivity contribution >= 4 is 11.6 Å². The van der Waals surface area contributed by atoms with E-state index >= 15 is 0 Å². The van der Waals surface area contributed by atoms with Crippen molar-refractivity contribution in [3.8, 4) is 23.0 Å². The molecule has 0 radical (unpaired) electrons. The molecule has 3 aromatic rings. The largest absolute Gasteiger partial charge is 0.453 e. The molecule has 3 rings (SSSR count). The molecule has 1 N–H and O–H groups in total. The summed E-state index contributed by atoms with van der Waals surface area (Å²) >= 11 is 5.84. The number of ether oxygens (including phenoxy) is 2. The Hall–Kier alpha value is -2.56. The van der Waals surface area contributed by atoms with Crippen LogP contribution in [-0.2, 0) is 6.61 Å². The van der Waals surface area contributed by atoms with Crippen molar-refractivity contribution in [2.45, 2.75) is 6.61 Å². The molecule has 0 aliphatic carbocycles. The highest BCUT2D eigenvalue weighted by molar-refractivity contribution is 6.30. The second-order valence-electron chi connectivity index (χ2n) is 5.06. The van der Waals surface area contributed by atoms with E-state index in [2.05, 4.69) is 0 Å². The zero-order chi connectivity index (χ0) is 16.9. The lowest BCUT2D eigenvalue weighted by Crippen LogP contribution is -1.91. The average Bonchev–Trinajstić information content (AvgIpc) is 2.56. The van der Waals surface area contributed by atoms with Gasteiger partial charge in [-0.2, -0.15) is 0 Å². The van der Waals surface area contributed by atoms with Crippen LogP contribution in [0.25, 0.3) is 0 Å². The first-order valence-electron chi connectivity index (χ1n) is 7.25. The first-order chi connectivity index (χ1) is 11.6. The molecule has 0 fully saturated rings. The molecular weight excluding hydrogens is 331 g/mol. The zero-order valence-corrected chi connectivity index (χ0v) is 13.3. The molecule has 0 spiro atoms. The van der Waals surface area contributed by atoms with Gasteiger partial charge in [0, 0.05) is 11.1 Å². The van der Waals surface area contributed by atoms with Crippen LogP contribution < -0.4 is 9.47 Å². The maximum Gasteiger partial charge on any atom is 0.169 e. The van der Waals surface area contributed by atoms with E-state index in [0.29, 0.717) is 17.2 Å². The van der Waals surface area contributed by atoms with Crippen LogP contribution in [0, 0.1) is 5.82 Å². The number of benzene rings is 3. The molecule has 0 saturated heterocycles. The van der Waals surface area contributed by atoms with Crippen molar-refractivity contribution < 1.29 is 19.0 Å². The second kappa shape index (κ2) is 7.34.